The van der Waals surface area contributed by atoms with Crippen molar-refractivity contribution in [2.45, 2.75) is 13.3 Å². The molecule has 0 heterocycles. The predicted octanol–water partition coefficient (Wildman–Crippen LogP) is 2.87. The molecule has 0 bridgehead atoms. The largest absolute Gasteiger partial charge is 0.481 e. The maximum absolute atomic E-state index is 12.1. The second kappa shape index (κ2) is 6.02. The maximum atomic E-state index is 12.1. The fraction of sp³-hybridized carbons (Fsp3) is 0.125. The number of carboxylic acid groups (broad SMARTS) is 1. The van der Waals surface area contributed by atoms with Crippen molar-refractivity contribution in [3.63, 3.8) is 0 Å². The third-order valence-corrected chi connectivity index (χ3v) is 2.85. The summed E-state index contributed by atoms with van der Waals surface area (Å²) in [5.41, 5.74) is 2.88. The molecule has 0 fully saturated rings. The lowest BCUT2D eigenvalue weighted by Crippen LogP contribution is -2.12. The molecule has 0 atom stereocenters. The number of anilines is 1. The summed E-state index contributed by atoms with van der Waals surface area (Å²) in [5.74, 6) is -1.16. The van der Waals surface area contributed by atoms with E-state index in [0.717, 1.165) is 5.56 Å². The Morgan fingerprint density at radius 3 is 2.45 bits per heavy atom. The lowest BCUT2D eigenvalue weighted by atomic mass is 10.1. The van der Waals surface area contributed by atoms with Crippen molar-refractivity contribution in [1.82, 2.24) is 0 Å². The van der Waals surface area contributed by atoms with E-state index in [-0.39, 0.29) is 12.3 Å². The highest BCUT2D eigenvalue weighted by Gasteiger charge is 2.08. The molecule has 0 spiro atoms. The van der Waals surface area contributed by atoms with Gasteiger partial charge in [0.15, 0.2) is 0 Å². The van der Waals surface area contributed by atoms with Gasteiger partial charge in [0.05, 0.1) is 6.42 Å². The smallest absolute Gasteiger partial charge is 0.307 e. The molecule has 0 aliphatic carbocycles. The van der Waals surface area contributed by atoms with Gasteiger partial charge in [0.2, 0.25) is 0 Å². The lowest BCUT2D eigenvalue weighted by molar-refractivity contribution is -0.136. The standard InChI is InChI=1S/C16H15NO3/c1-11-5-7-14(8-6-11)17-16(20)13-4-2-3-12(9-13)10-15(18)19/h2-9H,10H2,1H3,(H,17,20)(H,18,19). The zero-order valence-electron chi connectivity index (χ0n) is 11.1. The Morgan fingerprint density at radius 2 is 1.80 bits per heavy atom. The van der Waals surface area contributed by atoms with Gasteiger partial charge in [-0.05, 0) is 36.8 Å². The Hall–Kier alpha value is -2.62. The average Bonchev–Trinajstić information content (AvgIpc) is 2.41. The van der Waals surface area contributed by atoms with Crippen LogP contribution in [0.3, 0.4) is 0 Å². The normalized spacial score (nSPS) is 10.1. The highest BCUT2D eigenvalue weighted by molar-refractivity contribution is 6.04. The van der Waals surface area contributed by atoms with E-state index >= 15 is 0 Å². The molecule has 0 radical (unpaired) electrons. The maximum Gasteiger partial charge on any atom is 0.307 e. The molecule has 0 aliphatic heterocycles. The zero-order valence-corrected chi connectivity index (χ0v) is 11.1. The van der Waals surface area contributed by atoms with E-state index in [1.807, 2.05) is 31.2 Å². The van der Waals surface area contributed by atoms with Crippen LogP contribution < -0.4 is 5.32 Å². The van der Waals surface area contributed by atoms with E-state index in [2.05, 4.69) is 5.32 Å². The summed E-state index contributed by atoms with van der Waals surface area (Å²) in [6.45, 7) is 1.97. The zero-order chi connectivity index (χ0) is 14.5. The van der Waals surface area contributed by atoms with Gasteiger partial charge in [-0.3, -0.25) is 9.59 Å². The van der Waals surface area contributed by atoms with Crippen LogP contribution in [0.25, 0.3) is 0 Å². The molecule has 0 saturated carbocycles. The molecule has 20 heavy (non-hydrogen) atoms. The van der Waals surface area contributed by atoms with Gasteiger partial charge in [-0.15, -0.1) is 0 Å². The Bertz CT molecular complexity index is 632. The Morgan fingerprint density at radius 1 is 1.10 bits per heavy atom. The molecule has 2 rings (SSSR count). The number of benzene rings is 2. The van der Waals surface area contributed by atoms with Crippen LogP contribution in [0, 0.1) is 6.92 Å². The number of rotatable bonds is 4. The number of nitrogens with one attached hydrogen (secondary N) is 1. The molecule has 2 aromatic carbocycles. The van der Waals surface area contributed by atoms with E-state index in [9.17, 15) is 9.59 Å². The van der Waals surface area contributed by atoms with Crippen LogP contribution in [0.15, 0.2) is 48.5 Å². The van der Waals surface area contributed by atoms with Crippen molar-refractivity contribution in [1.29, 1.82) is 0 Å². The Balaban J connectivity index is 2.12. The second-order valence-electron chi connectivity index (χ2n) is 4.59. The number of amides is 1. The van der Waals surface area contributed by atoms with Crippen molar-refractivity contribution in [2.75, 3.05) is 5.32 Å². The van der Waals surface area contributed by atoms with Gasteiger partial charge in [-0.2, -0.15) is 0 Å². The molecular formula is C16H15NO3. The third kappa shape index (κ3) is 3.68. The first-order chi connectivity index (χ1) is 9.54. The van der Waals surface area contributed by atoms with Crippen molar-refractivity contribution < 1.29 is 14.7 Å². The van der Waals surface area contributed by atoms with Gasteiger partial charge in [0, 0.05) is 11.3 Å². The Labute approximate surface area is 117 Å². The SMILES string of the molecule is Cc1ccc(NC(=O)c2cccc(CC(=O)O)c2)cc1. The van der Waals surface area contributed by atoms with Crippen molar-refractivity contribution >= 4 is 17.6 Å². The van der Waals surface area contributed by atoms with E-state index in [1.165, 1.54) is 0 Å². The molecule has 0 unspecified atom stereocenters. The minimum absolute atomic E-state index is 0.0916. The van der Waals surface area contributed by atoms with Gasteiger partial charge in [0.25, 0.3) is 5.91 Å². The summed E-state index contributed by atoms with van der Waals surface area (Å²) in [6, 6.07) is 14.1. The average molecular weight is 269 g/mol. The van der Waals surface area contributed by atoms with E-state index in [0.29, 0.717) is 16.8 Å². The van der Waals surface area contributed by atoms with E-state index in [1.54, 1.807) is 24.3 Å². The first kappa shape index (κ1) is 13.8. The quantitative estimate of drug-likeness (QED) is 0.896. The lowest BCUT2D eigenvalue weighted by Gasteiger charge is -2.06. The topological polar surface area (TPSA) is 66.4 Å². The van der Waals surface area contributed by atoms with E-state index in [4.69, 9.17) is 5.11 Å². The van der Waals surface area contributed by atoms with Crippen molar-refractivity contribution in [2.24, 2.45) is 0 Å². The number of aliphatic carboxylic acids is 1. The molecular weight excluding hydrogens is 254 g/mol. The molecule has 2 N–H and O–H groups in total. The van der Waals surface area contributed by atoms with Crippen molar-refractivity contribution in [3.05, 3.63) is 65.2 Å². The van der Waals surface area contributed by atoms with Crippen LogP contribution in [0.5, 0.6) is 0 Å². The fourth-order valence-electron chi connectivity index (χ4n) is 1.84. The van der Waals surface area contributed by atoms with E-state index < -0.39 is 5.97 Å². The summed E-state index contributed by atoms with van der Waals surface area (Å²) in [7, 11) is 0. The number of hydrogen-bond donors (Lipinski definition) is 2. The van der Waals surface area contributed by atoms with Crippen LogP contribution in [0.1, 0.15) is 21.5 Å². The fourth-order valence-corrected chi connectivity index (χ4v) is 1.84. The molecule has 4 heteroatoms. The molecule has 0 aliphatic rings. The first-order valence-electron chi connectivity index (χ1n) is 6.23. The highest BCUT2D eigenvalue weighted by Crippen LogP contribution is 2.12. The van der Waals surface area contributed by atoms with Gasteiger partial charge in [0.1, 0.15) is 0 Å². The minimum Gasteiger partial charge on any atom is -0.481 e. The van der Waals surface area contributed by atoms with Crippen LogP contribution >= 0.6 is 0 Å². The van der Waals surface area contributed by atoms with Crippen LogP contribution in [0.4, 0.5) is 5.69 Å². The van der Waals surface area contributed by atoms with Gasteiger partial charge < -0.3 is 10.4 Å². The van der Waals surface area contributed by atoms with Gasteiger partial charge in [-0.1, -0.05) is 29.8 Å². The number of aryl methyl sites for hydroxylation is 1. The van der Waals surface area contributed by atoms with Crippen LogP contribution in [-0.2, 0) is 11.2 Å². The number of carbonyl (C=O) groups is 2. The molecule has 2 aromatic rings. The summed E-state index contributed by atoms with van der Waals surface area (Å²) in [6.07, 6.45) is -0.0916. The molecule has 0 saturated heterocycles. The highest BCUT2D eigenvalue weighted by atomic mass is 16.4. The monoisotopic (exact) mass is 269 g/mol. The minimum atomic E-state index is -0.916. The molecule has 4 nitrogen and oxygen atoms in total. The van der Waals surface area contributed by atoms with Crippen LogP contribution in [0.2, 0.25) is 0 Å². The first-order valence-corrected chi connectivity index (χ1v) is 6.23. The summed E-state index contributed by atoms with van der Waals surface area (Å²) >= 11 is 0. The molecule has 1 amide bonds. The molecule has 0 aromatic heterocycles. The summed E-state index contributed by atoms with van der Waals surface area (Å²) in [4.78, 5) is 22.8. The molecule has 102 valence electrons. The van der Waals surface area contributed by atoms with Gasteiger partial charge in [-0.25, -0.2) is 0 Å². The van der Waals surface area contributed by atoms with Crippen LogP contribution in [-0.4, -0.2) is 17.0 Å². The number of carbonyl (C=O) groups excluding carboxylic acids is 1. The summed E-state index contributed by atoms with van der Waals surface area (Å²) in [5, 5.41) is 11.5. The second-order valence-corrected chi connectivity index (χ2v) is 4.59. The van der Waals surface area contributed by atoms with Crippen molar-refractivity contribution in [3.8, 4) is 0 Å². The predicted molar refractivity (Wildman–Crippen MR) is 76.9 cm³/mol. The number of hydrogen-bond acceptors (Lipinski definition) is 2. The number of carboxylic acids is 1. The van der Waals surface area contributed by atoms with Gasteiger partial charge >= 0.3 is 5.97 Å². The Kier molecular flexibility index (Phi) is 4.15. The third-order valence-electron chi connectivity index (χ3n) is 2.85. The summed E-state index contributed by atoms with van der Waals surface area (Å²) < 4.78 is 0.